The normalized spacial score (nSPS) is 15.1. The van der Waals surface area contributed by atoms with Crippen molar-refractivity contribution in [3.05, 3.63) is 59.7 Å². The molecule has 0 aliphatic carbocycles. The van der Waals surface area contributed by atoms with E-state index in [2.05, 4.69) is 0 Å². The SMILES string of the molecule is COC(=O)c1cccc(-c2cccc(C3OCCO3)c2)c1. The minimum absolute atomic E-state index is 0.297. The molecule has 0 saturated carbocycles. The molecule has 0 radical (unpaired) electrons. The van der Waals surface area contributed by atoms with Crippen molar-refractivity contribution in [2.75, 3.05) is 20.3 Å². The maximum Gasteiger partial charge on any atom is 0.337 e. The topological polar surface area (TPSA) is 44.8 Å². The molecule has 4 heteroatoms. The van der Waals surface area contributed by atoms with E-state index in [9.17, 15) is 4.79 Å². The van der Waals surface area contributed by atoms with Crippen LogP contribution < -0.4 is 0 Å². The molecule has 0 unspecified atom stereocenters. The molecule has 1 aliphatic rings. The summed E-state index contributed by atoms with van der Waals surface area (Å²) < 4.78 is 15.8. The van der Waals surface area contributed by atoms with Crippen LogP contribution in [0.15, 0.2) is 48.5 Å². The number of hydrogen-bond donors (Lipinski definition) is 0. The van der Waals surface area contributed by atoms with E-state index in [1.807, 2.05) is 42.5 Å². The predicted molar refractivity (Wildman–Crippen MR) is 77.9 cm³/mol. The Labute approximate surface area is 123 Å². The van der Waals surface area contributed by atoms with Crippen molar-refractivity contribution >= 4 is 5.97 Å². The third-order valence-corrected chi connectivity index (χ3v) is 3.40. The third kappa shape index (κ3) is 2.96. The largest absolute Gasteiger partial charge is 0.465 e. The summed E-state index contributed by atoms with van der Waals surface area (Å²) >= 11 is 0. The number of carbonyl (C=O) groups excluding carboxylic acids is 1. The van der Waals surface area contributed by atoms with Crippen molar-refractivity contribution < 1.29 is 19.0 Å². The molecule has 1 aliphatic heterocycles. The zero-order valence-electron chi connectivity index (χ0n) is 11.7. The number of methoxy groups -OCH3 is 1. The molecular formula is C17H16O4. The van der Waals surface area contributed by atoms with Crippen LogP contribution in [0.3, 0.4) is 0 Å². The van der Waals surface area contributed by atoms with Crippen LogP contribution in [0.25, 0.3) is 11.1 Å². The summed E-state index contributed by atoms with van der Waals surface area (Å²) in [5.41, 5.74) is 3.48. The van der Waals surface area contributed by atoms with Crippen LogP contribution in [0.5, 0.6) is 0 Å². The summed E-state index contributed by atoms with van der Waals surface area (Å²) in [5, 5.41) is 0. The molecule has 4 nitrogen and oxygen atoms in total. The Balaban J connectivity index is 1.93. The first kappa shape index (κ1) is 13.8. The van der Waals surface area contributed by atoms with Crippen molar-refractivity contribution in [3.63, 3.8) is 0 Å². The molecular weight excluding hydrogens is 268 g/mol. The van der Waals surface area contributed by atoms with Crippen LogP contribution in [-0.2, 0) is 14.2 Å². The van der Waals surface area contributed by atoms with Gasteiger partial charge in [0.05, 0.1) is 25.9 Å². The van der Waals surface area contributed by atoms with Gasteiger partial charge in [0.25, 0.3) is 0 Å². The number of carbonyl (C=O) groups is 1. The van der Waals surface area contributed by atoms with Crippen molar-refractivity contribution in [1.82, 2.24) is 0 Å². The summed E-state index contributed by atoms with van der Waals surface area (Å²) in [6.07, 6.45) is -0.297. The fraction of sp³-hybridized carbons (Fsp3) is 0.235. The van der Waals surface area contributed by atoms with E-state index < -0.39 is 0 Å². The second-order valence-electron chi connectivity index (χ2n) is 4.77. The molecule has 21 heavy (non-hydrogen) atoms. The second-order valence-corrected chi connectivity index (χ2v) is 4.77. The maximum atomic E-state index is 11.6. The Morgan fingerprint density at radius 3 is 2.43 bits per heavy atom. The number of rotatable bonds is 3. The summed E-state index contributed by atoms with van der Waals surface area (Å²) in [6, 6.07) is 15.3. The fourth-order valence-corrected chi connectivity index (χ4v) is 2.36. The van der Waals surface area contributed by atoms with E-state index in [4.69, 9.17) is 14.2 Å². The Morgan fingerprint density at radius 1 is 1.05 bits per heavy atom. The molecule has 108 valence electrons. The monoisotopic (exact) mass is 284 g/mol. The van der Waals surface area contributed by atoms with Gasteiger partial charge < -0.3 is 14.2 Å². The van der Waals surface area contributed by atoms with E-state index in [1.165, 1.54) is 7.11 Å². The van der Waals surface area contributed by atoms with E-state index >= 15 is 0 Å². The van der Waals surface area contributed by atoms with Crippen LogP contribution >= 0.6 is 0 Å². The molecule has 2 aromatic rings. The van der Waals surface area contributed by atoms with E-state index in [1.54, 1.807) is 6.07 Å². The molecule has 0 N–H and O–H groups in total. The van der Waals surface area contributed by atoms with Gasteiger partial charge in [-0.3, -0.25) is 0 Å². The summed E-state index contributed by atoms with van der Waals surface area (Å²) in [5.74, 6) is -0.338. The third-order valence-electron chi connectivity index (χ3n) is 3.40. The molecule has 0 bridgehead atoms. The zero-order chi connectivity index (χ0) is 14.7. The van der Waals surface area contributed by atoms with Gasteiger partial charge in [0, 0.05) is 5.56 Å². The lowest BCUT2D eigenvalue weighted by Crippen LogP contribution is -2.01. The van der Waals surface area contributed by atoms with Gasteiger partial charge in [-0.15, -0.1) is 0 Å². The smallest absolute Gasteiger partial charge is 0.337 e. The first-order chi connectivity index (χ1) is 10.3. The first-order valence-corrected chi connectivity index (χ1v) is 6.80. The van der Waals surface area contributed by atoms with Crippen molar-refractivity contribution in [1.29, 1.82) is 0 Å². The highest BCUT2D eigenvalue weighted by molar-refractivity contribution is 5.91. The average Bonchev–Trinajstić information content (AvgIpc) is 3.09. The van der Waals surface area contributed by atoms with E-state index in [-0.39, 0.29) is 12.3 Å². The molecule has 0 atom stereocenters. The summed E-state index contributed by atoms with van der Waals surface area (Å²) in [7, 11) is 1.38. The van der Waals surface area contributed by atoms with E-state index in [0.29, 0.717) is 18.8 Å². The van der Waals surface area contributed by atoms with Gasteiger partial charge in [0.2, 0.25) is 0 Å². The van der Waals surface area contributed by atoms with Gasteiger partial charge in [-0.1, -0.05) is 30.3 Å². The van der Waals surface area contributed by atoms with Gasteiger partial charge in [-0.25, -0.2) is 4.79 Å². The van der Waals surface area contributed by atoms with Crippen LogP contribution in [-0.4, -0.2) is 26.3 Å². The highest BCUT2D eigenvalue weighted by Crippen LogP contribution is 2.28. The van der Waals surface area contributed by atoms with Gasteiger partial charge in [0.1, 0.15) is 0 Å². The highest BCUT2D eigenvalue weighted by atomic mass is 16.7. The number of esters is 1. The Hall–Kier alpha value is -2.17. The zero-order valence-corrected chi connectivity index (χ0v) is 11.7. The standard InChI is InChI=1S/C17H16O4/c1-19-16(18)14-6-2-4-12(10-14)13-5-3-7-15(11-13)17-20-8-9-21-17/h2-7,10-11,17H,8-9H2,1H3. The summed E-state index contributed by atoms with van der Waals surface area (Å²) in [4.78, 5) is 11.6. The first-order valence-electron chi connectivity index (χ1n) is 6.80. The molecule has 0 spiro atoms. The predicted octanol–water partition coefficient (Wildman–Crippen LogP) is 3.19. The molecule has 0 aromatic heterocycles. The molecule has 1 saturated heterocycles. The van der Waals surface area contributed by atoms with Crippen LogP contribution in [0.4, 0.5) is 0 Å². The fourth-order valence-electron chi connectivity index (χ4n) is 2.36. The molecule has 1 heterocycles. The number of ether oxygens (including phenoxy) is 3. The Kier molecular flexibility index (Phi) is 3.99. The molecule has 3 rings (SSSR count). The maximum absolute atomic E-state index is 11.6. The van der Waals surface area contributed by atoms with Crippen LogP contribution in [0.1, 0.15) is 22.2 Å². The summed E-state index contributed by atoms with van der Waals surface area (Å²) in [6.45, 7) is 1.24. The van der Waals surface area contributed by atoms with E-state index in [0.717, 1.165) is 16.7 Å². The lowest BCUT2D eigenvalue weighted by atomic mass is 10.0. The molecule has 0 amide bonds. The molecule has 2 aromatic carbocycles. The van der Waals surface area contributed by atoms with Crippen LogP contribution in [0.2, 0.25) is 0 Å². The minimum Gasteiger partial charge on any atom is -0.465 e. The van der Waals surface area contributed by atoms with Gasteiger partial charge in [0.15, 0.2) is 6.29 Å². The van der Waals surface area contributed by atoms with Gasteiger partial charge >= 0.3 is 5.97 Å². The Bertz CT molecular complexity index is 645. The highest BCUT2D eigenvalue weighted by Gasteiger charge is 2.18. The van der Waals surface area contributed by atoms with Crippen molar-refractivity contribution in [2.45, 2.75) is 6.29 Å². The Morgan fingerprint density at radius 2 is 1.71 bits per heavy atom. The van der Waals surface area contributed by atoms with Gasteiger partial charge in [-0.2, -0.15) is 0 Å². The lowest BCUT2D eigenvalue weighted by Gasteiger charge is -2.11. The second kappa shape index (κ2) is 6.08. The van der Waals surface area contributed by atoms with Gasteiger partial charge in [-0.05, 0) is 29.3 Å². The average molecular weight is 284 g/mol. The minimum atomic E-state index is -0.338. The quantitative estimate of drug-likeness (QED) is 0.812. The lowest BCUT2D eigenvalue weighted by molar-refractivity contribution is -0.0440. The van der Waals surface area contributed by atoms with Crippen LogP contribution in [0, 0.1) is 0 Å². The molecule has 1 fully saturated rings. The van der Waals surface area contributed by atoms with Crippen molar-refractivity contribution in [2.24, 2.45) is 0 Å². The number of benzene rings is 2. The van der Waals surface area contributed by atoms with Crippen molar-refractivity contribution in [3.8, 4) is 11.1 Å². The number of hydrogen-bond acceptors (Lipinski definition) is 4.